The van der Waals surface area contributed by atoms with E-state index in [1.807, 2.05) is 52.0 Å². The topological polar surface area (TPSA) is 105 Å². The molecule has 41 heavy (non-hydrogen) atoms. The summed E-state index contributed by atoms with van der Waals surface area (Å²) in [6.07, 6.45) is 0. The van der Waals surface area contributed by atoms with E-state index in [0.717, 1.165) is 15.4 Å². The standard InChI is InChI=1S/C31H39N3O6S/c1-22-13-11-12-14-24(22)20-33(23(2)30(36)32-31(3,4)5)29(35)21-34(41(37,38)26-15-9-8-10-16-26)25-17-18-27(39-6)28(19-25)40-7/h8-19,23H,20-21H2,1-7H3,(H,32,36)/t23-/m0/s1. The van der Waals surface area contributed by atoms with Crippen LogP contribution in [0.4, 0.5) is 5.69 Å². The van der Waals surface area contributed by atoms with E-state index in [0.29, 0.717) is 11.5 Å². The van der Waals surface area contributed by atoms with Gasteiger partial charge in [-0.15, -0.1) is 0 Å². The number of anilines is 1. The number of methoxy groups -OCH3 is 2. The van der Waals surface area contributed by atoms with Crippen molar-refractivity contribution in [3.05, 3.63) is 83.9 Å². The van der Waals surface area contributed by atoms with Crippen LogP contribution >= 0.6 is 0 Å². The number of nitrogens with zero attached hydrogens (tertiary/aromatic N) is 2. The van der Waals surface area contributed by atoms with Crippen LogP contribution < -0.4 is 19.1 Å². The van der Waals surface area contributed by atoms with E-state index in [1.54, 1.807) is 37.3 Å². The Balaban J connectivity index is 2.09. The zero-order valence-corrected chi connectivity index (χ0v) is 25.5. The number of hydrogen-bond donors (Lipinski definition) is 1. The van der Waals surface area contributed by atoms with Gasteiger partial charge in [0, 0.05) is 18.2 Å². The molecule has 0 fully saturated rings. The van der Waals surface area contributed by atoms with Crippen molar-refractivity contribution in [2.45, 2.75) is 57.6 Å². The Morgan fingerprint density at radius 1 is 0.902 bits per heavy atom. The number of hydrogen-bond acceptors (Lipinski definition) is 6. The van der Waals surface area contributed by atoms with Gasteiger partial charge in [0.25, 0.3) is 10.0 Å². The van der Waals surface area contributed by atoms with E-state index < -0.39 is 34.1 Å². The van der Waals surface area contributed by atoms with Gasteiger partial charge in [-0.3, -0.25) is 13.9 Å². The smallest absolute Gasteiger partial charge is 0.264 e. The maximum Gasteiger partial charge on any atom is 0.264 e. The molecule has 2 amide bonds. The number of sulfonamides is 1. The highest BCUT2D eigenvalue weighted by atomic mass is 32.2. The third kappa shape index (κ3) is 7.79. The van der Waals surface area contributed by atoms with Crippen LogP contribution in [0.5, 0.6) is 11.5 Å². The fourth-order valence-corrected chi connectivity index (χ4v) is 5.68. The number of benzene rings is 3. The molecular weight excluding hydrogens is 542 g/mol. The molecule has 0 spiro atoms. The molecule has 3 rings (SSSR count). The summed E-state index contributed by atoms with van der Waals surface area (Å²) < 4.78 is 39.7. The normalized spacial score (nSPS) is 12.3. The molecule has 0 radical (unpaired) electrons. The minimum absolute atomic E-state index is 0.0200. The first-order valence-electron chi connectivity index (χ1n) is 13.2. The number of aryl methyl sites for hydroxylation is 1. The zero-order valence-electron chi connectivity index (χ0n) is 24.7. The van der Waals surface area contributed by atoms with E-state index in [-0.39, 0.29) is 23.0 Å². The van der Waals surface area contributed by atoms with Crippen molar-refractivity contribution in [1.82, 2.24) is 10.2 Å². The summed E-state index contributed by atoms with van der Waals surface area (Å²) in [6, 6.07) is 19.2. The molecule has 0 aromatic heterocycles. The van der Waals surface area contributed by atoms with Crippen molar-refractivity contribution >= 4 is 27.5 Å². The minimum atomic E-state index is -4.19. The van der Waals surface area contributed by atoms with Gasteiger partial charge in [0.1, 0.15) is 12.6 Å². The summed E-state index contributed by atoms with van der Waals surface area (Å²) in [5, 5.41) is 2.93. The molecule has 0 saturated heterocycles. The first-order chi connectivity index (χ1) is 19.3. The third-order valence-corrected chi connectivity index (χ3v) is 8.32. The summed E-state index contributed by atoms with van der Waals surface area (Å²) >= 11 is 0. The average Bonchev–Trinajstić information content (AvgIpc) is 2.94. The second kappa shape index (κ2) is 13.1. The molecule has 0 aliphatic rings. The van der Waals surface area contributed by atoms with Crippen molar-refractivity contribution in [3.63, 3.8) is 0 Å². The Kier molecular flexibility index (Phi) is 10.0. The quantitative estimate of drug-likeness (QED) is 0.357. The highest BCUT2D eigenvalue weighted by Gasteiger charge is 2.33. The number of carbonyl (C=O) groups is 2. The third-order valence-electron chi connectivity index (χ3n) is 6.53. The van der Waals surface area contributed by atoms with Crippen LogP contribution in [0.25, 0.3) is 0 Å². The van der Waals surface area contributed by atoms with Crippen LogP contribution in [0.15, 0.2) is 77.7 Å². The van der Waals surface area contributed by atoms with Crippen LogP contribution in [0.2, 0.25) is 0 Å². The molecule has 1 N–H and O–H groups in total. The SMILES string of the molecule is COc1ccc(N(CC(=O)N(Cc2ccccc2C)[C@@H](C)C(=O)NC(C)(C)C)S(=O)(=O)c2ccccc2)cc1OC. The van der Waals surface area contributed by atoms with Gasteiger partial charge in [0.2, 0.25) is 11.8 Å². The number of nitrogens with one attached hydrogen (secondary N) is 1. The van der Waals surface area contributed by atoms with Crippen LogP contribution in [0, 0.1) is 6.92 Å². The van der Waals surface area contributed by atoms with E-state index >= 15 is 0 Å². The monoisotopic (exact) mass is 581 g/mol. The van der Waals surface area contributed by atoms with Crippen LogP contribution in [0.3, 0.4) is 0 Å². The number of carbonyl (C=O) groups excluding carboxylic acids is 2. The number of rotatable bonds is 11. The molecule has 1 atom stereocenters. The molecule has 0 aliphatic carbocycles. The lowest BCUT2D eigenvalue weighted by Crippen LogP contribution is -2.54. The lowest BCUT2D eigenvalue weighted by atomic mass is 10.1. The van der Waals surface area contributed by atoms with Gasteiger partial charge < -0.3 is 19.7 Å². The summed E-state index contributed by atoms with van der Waals surface area (Å²) in [4.78, 5) is 28.8. The van der Waals surface area contributed by atoms with Gasteiger partial charge in [-0.1, -0.05) is 42.5 Å². The lowest BCUT2D eigenvalue weighted by Gasteiger charge is -2.34. The average molecular weight is 582 g/mol. The summed E-state index contributed by atoms with van der Waals surface area (Å²) in [7, 11) is -1.27. The van der Waals surface area contributed by atoms with Crippen molar-refractivity contribution in [2.75, 3.05) is 25.1 Å². The van der Waals surface area contributed by atoms with E-state index in [9.17, 15) is 18.0 Å². The van der Waals surface area contributed by atoms with Crippen LogP contribution in [0.1, 0.15) is 38.8 Å². The lowest BCUT2D eigenvalue weighted by molar-refractivity contribution is -0.140. The first kappa shape index (κ1) is 31.5. The zero-order chi connectivity index (χ0) is 30.4. The van der Waals surface area contributed by atoms with Gasteiger partial charge in [0.15, 0.2) is 11.5 Å². The summed E-state index contributed by atoms with van der Waals surface area (Å²) in [6.45, 7) is 8.71. The Morgan fingerprint density at radius 2 is 1.51 bits per heavy atom. The highest BCUT2D eigenvalue weighted by Crippen LogP contribution is 2.34. The van der Waals surface area contributed by atoms with Gasteiger partial charge in [-0.05, 0) is 70.0 Å². The molecule has 0 unspecified atom stereocenters. The van der Waals surface area contributed by atoms with Crippen molar-refractivity contribution in [3.8, 4) is 11.5 Å². The molecular formula is C31H39N3O6S. The van der Waals surface area contributed by atoms with Crippen LogP contribution in [-0.4, -0.2) is 57.5 Å². The Bertz CT molecular complexity index is 1470. The van der Waals surface area contributed by atoms with E-state index in [2.05, 4.69) is 5.32 Å². The van der Waals surface area contributed by atoms with E-state index in [4.69, 9.17) is 9.47 Å². The molecule has 9 nitrogen and oxygen atoms in total. The number of ether oxygens (including phenoxy) is 2. The highest BCUT2D eigenvalue weighted by molar-refractivity contribution is 7.92. The molecule has 0 bridgehead atoms. The molecule has 0 heterocycles. The molecule has 0 aliphatic heterocycles. The minimum Gasteiger partial charge on any atom is -0.493 e. The van der Waals surface area contributed by atoms with Crippen molar-refractivity contribution < 1.29 is 27.5 Å². The summed E-state index contributed by atoms with van der Waals surface area (Å²) in [5.41, 5.74) is 1.48. The molecule has 3 aromatic rings. The molecule has 10 heteroatoms. The predicted molar refractivity (Wildman–Crippen MR) is 160 cm³/mol. The predicted octanol–water partition coefficient (Wildman–Crippen LogP) is 4.54. The van der Waals surface area contributed by atoms with E-state index in [1.165, 1.54) is 37.3 Å². The molecule has 0 saturated carbocycles. The van der Waals surface area contributed by atoms with Gasteiger partial charge in [-0.25, -0.2) is 8.42 Å². The fraction of sp³-hybridized carbons (Fsp3) is 0.355. The van der Waals surface area contributed by atoms with Crippen molar-refractivity contribution in [1.29, 1.82) is 0 Å². The largest absolute Gasteiger partial charge is 0.493 e. The fourth-order valence-electron chi connectivity index (χ4n) is 4.26. The second-order valence-electron chi connectivity index (χ2n) is 10.7. The molecule has 3 aromatic carbocycles. The summed E-state index contributed by atoms with van der Waals surface area (Å²) in [5.74, 6) is -0.171. The molecule has 220 valence electrons. The Labute approximate surface area is 243 Å². The maximum atomic E-state index is 14.1. The van der Waals surface area contributed by atoms with Gasteiger partial charge in [-0.2, -0.15) is 0 Å². The maximum absolute atomic E-state index is 14.1. The Morgan fingerprint density at radius 3 is 2.10 bits per heavy atom. The number of amides is 2. The van der Waals surface area contributed by atoms with Crippen molar-refractivity contribution in [2.24, 2.45) is 0 Å². The van der Waals surface area contributed by atoms with Crippen LogP contribution in [-0.2, 0) is 26.2 Å². The van der Waals surface area contributed by atoms with Gasteiger partial charge in [0.05, 0.1) is 24.8 Å². The second-order valence-corrected chi connectivity index (χ2v) is 12.6. The van der Waals surface area contributed by atoms with Gasteiger partial charge >= 0.3 is 0 Å². The Hall–Kier alpha value is -4.05. The first-order valence-corrected chi connectivity index (χ1v) is 14.7.